The topological polar surface area (TPSA) is 64.6 Å². The number of rotatable bonds is 6. The molecule has 0 heterocycles. The summed E-state index contributed by atoms with van der Waals surface area (Å²) < 4.78 is 10.3. The Labute approximate surface area is 119 Å². The molecule has 1 rings (SSSR count). The van der Waals surface area contributed by atoms with Gasteiger partial charge in [-0.15, -0.1) is 0 Å². The van der Waals surface area contributed by atoms with E-state index in [2.05, 4.69) is 5.32 Å². The minimum absolute atomic E-state index is 0.254. The van der Waals surface area contributed by atoms with E-state index in [1.54, 1.807) is 45.0 Å². The number of ether oxygens (including phenoxy) is 2. The van der Waals surface area contributed by atoms with Crippen LogP contribution in [-0.2, 0) is 14.3 Å². The number of hydrogen-bond donors (Lipinski definition) is 1. The van der Waals surface area contributed by atoms with Crippen LogP contribution in [0, 0.1) is 5.92 Å². The summed E-state index contributed by atoms with van der Waals surface area (Å²) in [5.74, 6) is -0.261. The SMILES string of the molecule is CCOc1ccc(NC(=O)[C@@H](C)OC(=O)C(C)C)cc1. The van der Waals surface area contributed by atoms with Gasteiger partial charge in [-0.2, -0.15) is 0 Å². The zero-order valence-electron chi connectivity index (χ0n) is 12.3. The highest BCUT2D eigenvalue weighted by atomic mass is 16.5. The molecule has 1 atom stereocenters. The Morgan fingerprint density at radius 3 is 2.25 bits per heavy atom. The van der Waals surface area contributed by atoms with Crippen LogP contribution >= 0.6 is 0 Å². The largest absolute Gasteiger partial charge is 0.494 e. The van der Waals surface area contributed by atoms with E-state index in [0.717, 1.165) is 5.75 Å². The lowest BCUT2D eigenvalue weighted by molar-refractivity contribution is -0.156. The van der Waals surface area contributed by atoms with Gasteiger partial charge in [-0.25, -0.2) is 0 Å². The second-order valence-electron chi connectivity index (χ2n) is 4.68. The average Bonchev–Trinajstić information content (AvgIpc) is 2.41. The Balaban J connectivity index is 2.54. The highest BCUT2D eigenvalue weighted by Gasteiger charge is 2.19. The van der Waals surface area contributed by atoms with Crippen LogP contribution in [-0.4, -0.2) is 24.6 Å². The highest BCUT2D eigenvalue weighted by Crippen LogP contribution is 2.16. The summed E-state index contributed by atoms with van der Waals surface area (Å²) in [6, 6.07) is 7.01. The van der Waals surface area contributed by atoms with Crippen LogP contribution < -0.4 is 10.1 Å². The first-order chi connectivity index (χ1) is 9.43. The first-order valence-electron chi connectivity index (χ1n) is 6.68. The highest BCUT2D eigenvalue weighted by molar-refractivity contribution is 5.95. The van der Waals surface area contributed by atoms with Gasteiger partial charge in [-0.05, 0) is 38.1 Å². The fraction of sp³-hybridized carbons (Fsp3) is 0.467. The van der Waals surface area contributed by atoms with Crippen molar-refractivity contribution in [1.82, 2.24) is 0 Å². The molecule has 0 bridgehead atoms. The summed E-state index contributed by atoms with van der Waals surface area (Å²) in [5, 5.41) is 2.68. The fourth-order valence-electron chi connectivity index (χ4n) is 1.41. The van der Waals surface area contributed by atoms with Gasteiger partial charge in [0.15, 0.2) is 6.10 Å². The molecule has 0 aliphatic heterocycles. The number of benzene rings is 1. The molecule has 0 unspecified atom stereocenters. The molecule has 5 nitrogen and oxygen atoms in total. The van der Waals surface area contributed by atoms with Gasteiger partial charge in [-0.3, -0.25) is 9.59 Å². The molecule has 110 valence electrons. The maximum atomic E-state index is 11.9. The van der Waals surface area contributed by atoms with E-state index in [0.29, 0.717) is 12.3 Å². The van der Waals surface area contributed by atoms with E-state index in [1.165, 1.54) is 0 Å². The molecular weight excluding hydrogens is 258 g/mol. The Bertz CT molecular complexity index is 453. The van der Waals surface area contributed by atoms with E-state index >= 15 is 0 Å². The van der Waals surface area contributed by atoms with Gasteiger partial charge in [0, 0.05) is 5.69 Å². The predicted octanol–water partition coefficient (Wildman–Crippen LogP) is 2.61. The molecule has 1 aromatic rings. The van der Waals surface area contributed by atoms with Crippen molar-refractivity contribution in [3.8, 4) is 5.75 Å². The molecule has 1 aromatic carbocycles. The van der Waals surface area contributed by atoms with E-state index in [9.17, 15) is 9.59 Å². The molecule has 0 spiro atoms. The lowest BCUT2D eigenvalue weighted by Gasteiger charge is -2.15. The maximum absolute atomic E-state index is 11.9. The second-order valence-corrected chi connectivity index (χ2v) is 4.68. The van der Waals surface area contributed by atoms with Crippen LogP contribution in [0.25, 0.3) is 0 Å². The van der Waals surface area contributed by atoms with Crippen molar-refractivity contribution in [1.29, 1.82) is 0 Å². The van der Waals surface area contributed by atoms with Crippen LogP contribution in [0.3, 0.4) is 0 Å². The van der Waals surface area contributed by atoms with Crippen molar-refractivity contribution in [3.05, 3.63) is 24.3 Å². The Morgan fingerprint density at radius 2 is 1.75 bits per heavy atom. The minimum atomic E-state index is -0.823. The molecule has 0 saturated heterocycles. The van der Waals surface area contributed by atoms with Gasteiger partial charge in [0.05, 0.1) is 12.5 Å². The van der Waals surface area contributed by atoms with Crippen LogP contribution in [0.2, 0.25) is 0 Å². The lowest BCUT2D eigenvalue weighted by atomic mass is 10.2. The van der Waals surface area contributed by atoms with E-state index < -0.39 is 6.10 Å². The Kier molecular flexibility index (Phi) is 6.03. The second kappa shape index (κ2) is 7.53. The van der Waals surface area contributed by atoms with Gasteiger partial charge >= 0.3 is 5.97 Å². The van der Waals surface area contributed by atoms with Crippen molar-refractivity contribution in [2.24, 2.45) is 5.92 Å². The molecule has 0 aliphatic carbocycles. The summed E-state index contributed by atoms with van der Waals surface area (Å²) >= 11 is 0. The Morgan fingerprint density at radius 1 is 1.15 bits per heavy atom. The molecule has 0 aliphatic rings. The minimum Gasteiger partial charge on any atom is -0.494 e. The number of amides is 1. The van der Waals surface area contributed by atoms with Gasteiger partial charge in [0.1, 0.15) is 5.75 Å². The monoisotopic (exact) mass is 279 g/mol. The predicted molar refractivity (Wildman–Crippen MR) is 76.6 cm³/mol. The van der Waals surface area contributed by atoms with E-state index in [4.69, 9.17) is 9.47 Å². The van der Waals surface area contributed by atoms with Crippen LogP contribution in [0.5, 0.6) is 5.75 Å². The summed E-state index contributed by atoms with van der Waals surface area (Å²) in [4.78, 5) is 23.3. The smallest absolute Gasteiger partial charge is 0.309 e. The molecule has 20 heavy (non-hydrogen) atoms. The van der Waals surface area contributed by atoms with Crippen LogP contribution in [0.1, 0.15) is 27.7 Å². The van der Waals surface area contributed by atoms with Crippen molar-refractivity contribution in [2.75, 3.05) is 11.9 Å². The number of anilines is 1. The summed E-state index contributed by atoms with van der Waals surface area (Å²) in [5.41, 5.74) is 0.630. The molecule has 1 N–H and O–H groups in total. The average molecular weight is 279 g/mol. The number of hydrogen-bond acceptors (Lipinski definition) is 4. The number of nitrogens with one attached hydrogen (secondary N) is 1. The number of esters is 1. The first kappa shape index (κ1) is 16.0. The third-order valence-electron chi connectivity index (χ3n) is 2.57. The van der Waals surface area contributed by atoms with Gasteiger partial charge < -0.3 is 14.8 Å². The number of carbonyl (C=O) groups is 2. The zero-order chi connectivity index (χ0) is 15.1. The molecule has 0 fully saturated rings. The van der Waals surface area contributed by atoms with Crippen LogP contribution in [0.15, 0.2) is 24.3 Å². The quantitative estimate of drug-likeness (QED) is 0.813. The maximum Gasteiger partial charge on any atom is 0.309 e. The molecule has 5 heteroatoms. The summed E-state index contributed by atoms with van der Waals surface area (Å²) in [7, 11) is 0. The molecule has 0 aromatic heterocycles. The normalized spacial score (nSPS) is 11.8. The van der Waals surface area contributed by atoms with Crippen molar-refractivity contribution in [2.45, 2.75) is 33.8 Å². The lowest BCUT2D eigenvalue weighted by Crippen LogP contribution is -2.31. The fourth-order valence-corrected chi connectivity index (χ4v) is 1.41. The Hall–Kier alpha value is -2.04. The zero-order valence-corrected chi connectivity index (χ0v) is 12.3. The van der Waals surface area contributed by atoms with Gasteiger partial charge in [-0.1, -0.05) is 13.8 Å². The van der Waals surface area contributed by atoms with Crippen molar-refractivity contribution in [3.63, 3.8) is 0 Å². The summed E-state index contributed by atoms with van der Waals surface area (Å²) in [6.45, 7) is 7.48. The molecule has 0 radical (unpaired) electrons. The third-order valence-corrected chi connectivity index (χ3v) is 2.57. The van der Waals surface area contributed by atoms with Crippen molar-refractivity contribution >= 4 is 17.6 Å². The number of carbonyl (C=O) groups excluding carboxylic acids is 2. The molecular formula is C15H21NO4. The molecule has 1 amide bonds. The van der Waals surface area contributed by atoms with Gasteiger partial charge in [0.2, 0.25) is 0 Å². The van der Waals surface area contributed by atoms with E-state index in [-0.39, 0.29) is 17.8 Å². The van der Waals surface area contributed by atoms with Gasteiger partial charge in [0.25, 0.3) is 5.91 Å². The van der Waals surface area contributed by atoms with E-state index in [1.807, 2.05) is 6.92 Å². The van der Waals surface area contributed by atoms with Crippen molar-refractivity contribution < 1.29 is 19.1 Å². The first-order valence-corrected chi connectivity index (χ1v) is 6.68. The standard InChI is InChI=1S/C15H21NO4/c1-5-19-13-8-6-12(7-9-13)16-14(17)11(4)20-15(18)10(2)3/h6-11H,5H2,1-4H3,(H,16,17)/t11-/m1/s1. The van der Waals surface area contributed by atoms with Crippen LogP contribution in [0.4, 0.5) is 5.69 Å². The summed E-state index contributed by atoms with van der Waals surface area (Å²) in [6.07, 6.45) is -0.823. The molecule has 0 saturated carbocycles. The third kappa shape index (κ3) is 4.91.